The van der Waals surface area contributed by atoms with Gasteiger partial charge in [-0.05, 0) is 43.7 Å². The van der Waals surface area contributed by atoms with E-state index in [1.807, 2.05) is 36.1 Å². The normalized spacial score (nSPS) is 20.5. The Morgan fingerprint density at radius 3 is 2.88 bits per heavy atom. The van der Waals surface area contributed by atoms with E-state index >= 15 is 0 Å². The molecule has 1 N–H and O–H groups in total. The number of aryl methyl sites for hydroxylation is 1. The van der Waals surface area contributed by atoms with Crippen LogP contribution in [0, 0.1) is 0 Å². The number of hydrogen-bond acceptors (Lipinski definition) is 5. The van der Waals surface area contributed by atoms with Gasteiger partial charge in [0.05, 0.1) is 0 Å². The zero-order valence-electron chi connectivity index (χ0n) is 14.4. The van der Waals surface area contributed by atoms with E-state index in [4.69, 9.17) is 4.52 Å². The molecular weight excluding hydrogens is 318 g/mol. The Bertz CT molecular complexity index is 742. The summed E-state index contributed by atoms with van der Waals surface area (Å²) in [6, 6.07) is 8.02. The molecule has 0 radical (unpaired) electrons. The number of piperazine rings is 1. The SMILES string of the molecule is CCc1noc(-c2ccc(NC(=O)N3CCN4CCC[C@H]4C3)cc2)n1. The molecule has 132 valence electrons. The number of anilines is 1. The Morgan fingerprint density at radius 2 is 2.12 bits per heavy atom. The molecule has 1 aromatic carbocycles. The highest BCUT2D eigenvalue weighted by Crippen LogP contribution is 2.23. The van der Waals surface area contributed by atoms with Crippen LogP contribution in [0.2, 0.25) is 0 Å². The summed E-state index contributed by atoms with van der Waals surface area (Å²) in [5, 5.41) is 6.89. The Labute approximate surface area is 147 Å². The zero-order valence-corrected chi connectivity index (χ0v) is 14.4. The van der Waals surface area contributed by atoms with Crippen molar-refractivity contribution < 1.29 is 9.32 Å². The average molecular weight is 341 g/mol. The van der Waals surface area contributed by atoms with E-state index in [0.29, 0.717) is 17.8 Å². The summed E-state index contributed by atoms with van der Waals surface area (Å²) >= 11 is 0. The molecule has 0 saturated carbocycles. The number of urea groups is 1. The first-order valence-corrected chi connectivity index (χ1v) is 8.96. The molecule has 25 heavy (non-hydrogen) atoms. The average Bonchev–Trinajstić information content (AvgIpc) is 3.30. The summed E-state index contributed by atoms with van der Waals surface area (Å²) in [5.41, 5.74) is 1.63. The lowest BCUT2D eigenvalue weighted by Crippen LogP contribution is -2.53. The van der Waals surface area contributed by atoms with Gasteiger partial charge in [0, 0.05) is 43.3 Å². The minimum atomic E-state index is -0.0228. The number of nitrogens with zero attached hydrogens (tertiary/aromatic N) is 4. The molecule has 0 unspecified atom stereocenters. The molecule has 2 amide bonds. The fraction of sp³-hybridized carbons (Fsp3) is 0.500. The van der Waals surface area contributed by atoms with Crippen molar-refractivity contribution in [2.45, 2.75) is 32.2 Å². The van der Waals surface area contributed by atoms with Crippen molar-refractivity contribution >= 4 is 11.7 Å². The summed E-state index contributed by atoms with van der Waals surface area (Å²) < 4.78 is 5.24. The quantitative estimate of drug-likeness (QED) is 0.929. The Kier molecular flexibility index (Phi) is 4.40. The number of carbonyl (C=O) groups excluding carboxylic acids is 1. The lowest BCUT2D eigenvalue weighted by atomic mass is 10.1. The summed E-state index contributed by atoms with van der Waals surface area (Å²) in [6.07, 6.45) is 3.19. The third kappa shape index (κ3) is 3.37. The van der Waals surface area contributed by atoms with Crippen molar-refractivity contribution in [2.24, 2.45) is 0 Å². The van der Waals surface area contributed by atoms with Gasteiger partial charge in [-0.25, -0.2) is 4.79 Å². The highest BCUT2D eigenvalue weighted by atomic mass is 16.5. The van der Waals surface area contributed by atoms with Crippen LogP contribution in [0.25, 0.3) is 11.5 Å². The second-order valence-corrected chi connectivity index (χ2v) is 6.65. The van der Waals surface area contributed by atoms with E-state index in [0.717, 1.165) is 37.3 Å². The lowest BCUT2D eigenvalue weighted by Gasteiger charge is -2.37. The summed E-state index contributed by atoms with van der Waals surface area (Å²) in [7, 11) is 0. The molecular formula is C18H23N5O2. The topological polar surface area (TPSA) is 74.5 Å². The van der Waals surface area contributed by atoms with Crippen LogP contribution in [-0.4, -0.2) is 58.2 Å². The number of benzene rings is 1. The Balaban J connectivity index is 1.38. The smallest absolute Gasteiger partial charge is 0.321 e. The van der Waals surface area contributed by atoms with Crippen molar-refractivity contribution in [3.63, 3.8) is 0 Å². The van der Waals surface area contributed by atoms with Gasteiger partial charge < -0.3 is 14.7 Å². The maximum Gasteiger partial charge on any atom is 0.321 e. The van der Waals surface area contributed by atoms with E-state index in [9.17, 15) is 4.79 Å². The maximum atomic E-state index is 12.5. The highest BCUT2D eigenvalue weighted by Gasteiger charge is 2.32. The molecule has 0 bridgehead atoms. The van der Waals surface area contributed by atoms with Gasteiger partial charge in [-0.1, -0.05) is 12.1 Å². The van der Waals surface area contributed by atoms with Crippen molar-refractivity contribution in [2.75, 3.05) is 31.5 Å². The summed E-state index contributed by atoms with van der Waals surface area (Å²) in [5.74, 6) is 1.20. The number of aromatic nitrogens is 2. The number of amides is 2. The predicted molar refractivity (Wildman–Crippen MR) is 94.3 cm³/mol. The van der Waals surface area contributed by atoms with E-state index < -0.39 is 0 Å². The monoisotopic (exact) mass is 341 g/mol. The van der Waals surface area contributed by atoms with Crippen LogP contribution in [0.1, 0.15) is 25.6 Å². The number of nitrogens with one attached hydrogen (secondary N) is 1. The van der Waals surface area contributed by atoms with Gasteiger partial charge in [0.15, 0.2) is 5.82 Å². The fourth-order valence-electron chi connectivity index (χ4n) is 3.59. The molecule has 2 aromatic rings. The highest BCUT2D eigenvalue weighted by molar-refractivity contribution is 5.89. The molecule has 0 spiro atoms. The minimum Gasteiger partial charge on any atom is -0.334 e. The van der Waals surface area contributed by atoms with Gasteiger partial charge >= 0.3 is 6.03 Å². The van der Waals surface area contributed by atoms with Gasteiger partial charge in [0.25, 0.3) is 5.89 Å². The van der Waals surface area contributed by atoms with Crippen LogP contribution < -0.4 is 5.32 Å². The van der Waals surface area contributed by atoms with E-state index in [-0.39, 0.29) is 6.03 Å². The first-order valence-electron chi connectivity index (χ1n) is 8.96. The standard InChI is InChI=1S/C18H23N5O2/c1-2-16-20-17(25-21-16)13-5-7-14(8-6-13)19-18(24)23-11-10-22-9-3-4-15(22)12-23/h5-8,15H,2-4,9-12H2,1H3,(H,19,24)/t15-/m0/s1. The van der Waals surface area contributed by atoms with E-state index in [2.05, 4.69) is 20.4 Å². The van der Waals surface area contributed by atoms with Gasteiger partial charge in [-0.3, -0.25) is 4.90 Å². The zero-order chi connectivity index (χ0) is 17.2. The first-order chi connectivity index (χ1) is 12.2. The summed E-state index contributed by atoms with van der Waals surface area (Å²) in [4.78, 5) is 21.2. The maximum absolute atomic E-state index is 12.5. The van der Waals surface area contributed by atoms with Crippen LogP contribution in [-0.2, 0) is 6.42 Å². The molecule has 0 aliphatic carbocycles. The largest absolute Gasteiger partial charge is 0.334 e. The van der Waals surface area contributed by atoms with Crippen LogP contribution >= 0.6 is 0 Å². The Morgan fingerprint density at radius 1 is 1.28 bits per heavy atom. The number of fused-ring (bicyclic) bond motifs is 1. The van der Waals surface area contributed by atoms with Gasteiger partial charge in [-0.2, -0.15) is 4.98 Å². The second-order valence-electron chi connectivity index (χ2n) is 6.65. The molecule has 2 aliphatic rings. The van der Waals surface area contributed by atoms with Gasteiger partial charge in [0.2, 0.25) is 0 Å². The molecule has 1 aromatic heterocycles. The third-order valence-electron chi connectivity index (χ3n) is 5.04. The Hall–Kier alpha value is -2.41. The summed E-state index contributed by atoms with van der Waals surface area (Å²) in [6.45, 7) is 5.76. The van der Waals surface area contributed by atoms with Crippen LogP contribution in [0.3, 0.4) is 0 Å². The van der Waals surface area contributed by atoms with Crippen LogP contribution in [0.5, 0.6) is 0 Å². The van der Waals surface area contributed by atoms with Gasteiger partial charge in [-0.15, -0.1) is 0 Å². The molecule has 3 heterocycles. The number of rotatable bonds is 3. The molecule has 2 aliphatic heterocycles. The third-order valence-corrected chi connectivity index (χ3v) is 5.04. The van der Waals surface area contributed by atoms with Crippen LogP contribution in [0.4, 0.5) is 10.5 Å². The first kappa shape index (κ1) is 16.1. The molecule has 4 rings (SSSR count). The molecule has 2 fully saturated rings. The fourth-order valence-corrected chi connectivity index (χ4v) is 3.59. The minimum absolute atomic E-state index is 0.0228. The van der Waals surface area contributed by atoms with Gasteiger partial charge in [0.1, 0.15) is 0 Å². The van der Waals surface area contributed by atoms with E-state index in [1.54, 1.807) is 0 Å². The molecule has 2 saturated heterocycles. The number of hydrogen-bond donors (Lipinski definition) is 1. The predicted octanol–water partition coefficient (Wildman–Crippen LogP) is 2.61. The van der Waals surface area contributed by atoms with E-state index in [1.165, 1.54) is 19.4 Å². The molecule has 1 atom stereocenters. The van der Waals surface area contributed by atoms with Crippen molar-refractivity contribution in [3.8, 4) is 11.5 Å². The molecule has 7 heteroatoms. The second kappa shape index (κ2) is 6.84. The molecule has 7 nitrogen and oxygen atoms in total. The van der Waals surface area contributed by atoms with Crippen molar-refractivity contribution in [1.29, 1.82) is 0 Å². The van der Waals surface area contributed by atoms with Crippen LogP contribution in [0.15, 0.2) is 28.8 Å². The van der Waals surface area contributed by atoms with Crippen molar-refractivity contribution in [1.82, 2.24) is 19.9 Å². The van der Waals surface area contributed by atoms with Crippen molar-refractivity contribution in [3.05, 3.63) is 30.1 Å². The number of carbonyl (C=O) groups is 1. The lowest BCUT2D eigenvalue weighted by molar-refractivity contribution is 0.124.